The highest BCUT2D eigenvalue weighted by molar-refractivity contribution is 8.00. The molecule has 0 aromatic rings. The van der Waals surface area contributed by atoms with Crippen molar-refractivity contribution in [1.82, 2.24) is 10.6 Å². The molecule has 2 aliphatic heterocycles. The van der Waals surface area contributed by atoms with E-state index in [9.17, 15) is 9.59 Å². The molecule has 2 fully saturated rings. The van der Waals surface area contributed by atoms with Crippen LogP contribution in [-0.4, -0.2) is 40.2 Å². The Morgan fingerprint density at radius 1 is 1.44 bits per heavy atom. The van der Waals surface area contributed by atoms with E-state index in [1.165, 1.54) is 0 Å². The molecule has 0 saturated carbocycles. The molecule has 16 heavy (non-hydrogen) atoms. The van der Waals surface area contributed by atoms with Crippen LogP contribution in [0.25, 0.3) is 0 Å². The molecule has 0 aliphatic carbocycles. The molecule has 90 valence electrons. The fourth-order valence-corrected chi connectivity index (χ4v) is 3.81. The minimum atomic E-state index is -0.729. The Kier molecular flexibility index (Phi) is 3.58. The predicted molar refractivity (Wildman–Crippen MR) is 61.6 cm³/mol. The Labute approximate surface area is 98.4 Å². The predicted octanol–water partition coefficient (Wildman–Crippen LogP) is 0.797. The second-order valence-corrected chi connectivity index (χ2v) is 5.53. The van der Waals surface area contributed by atoms with Crippen molar-refractivity contribution in [2.24, 2.45) is 0 Å². The van der Waals surface area contributed by atoms with Crippen molar-refractivity contribution >= 4 is 23.8 Å². The van der Waals surface area contributed by atoms with Gasteiger partial charge in [-0.05, 0) is 12.8 Å². The van der Waals surface area contributed by atoms with Crippen molar-refractivity contribution in [1.29, 1.82) is 0 Å². The Morgan fingerprint density at radius 2 is 2.25 bits per heavy atom. The zero-order valence-corrected chi connectivity index (χ0v) is 9.76. The number of urea groups is 1. The number of carboxylic acid groups (broad SMARTS) is 1. The van der Waals surface area contributed by atoms with E-state index >= 15 is 0 Å². The first kappa shape index (κ1) is 11.6. The van der Waals surface area contributed by atoms with Crippen LogP contribution >= 0.6 is 11.8 Å². The van der Waals surface area contributed by atoms with Gasteiger partial charge in [0, 0.05) is 17.4 Å². The number of rotatable bonds is 5. The Morgan fingerprint density at radius 3 is 3.00 bits per heavy atom. The van der Waals surface area contributed by atoms with Gasteiger partial charge in [0.2, 0.25) is 0 Å². The van der Waals surface area contributed by atoms with Gasteiger partial charge in [-0.25, -0.2) is 4.79 Å². The number of nitrogens with one attached hydrogen (secondary N) is 2. The molecule has 0 radical (unpaired) electrons. The second kappa shape index (κ2) is 4.95. The SMILES string of the molecule is O=C1N[C@H]2[C@H](CS[C@H]2[13CH2][13CH2][13CH2][13CH2][13C](=O)O)N1. The Balaban J connectivity index is 1.70. The molecule has 3 N–H and O–H groups in total. The summed E-state index contributed by atoms with van der Waals surface area (Å²) >= 11 is 1.87. The molecule has 0 bridgehead atoms. The molecule has 2 heterocycles. The summed E-state index contributed by atoms with van der Waals surface area (Å²) in [6, 6.07) is 0.440. The number of aliphatic carboxylic acids is 1. The van der Waals surface area contributed by atoms with Crippen LogP contribution in [0.5, 0.6) is 0 Å². The molecule has 2 saturated heterocycles. The molecular formula is C10H16N2O3S. The third-order valence-corrected chi connectivity index (χ3v) is 4.58. The van der Waals surface area contributed by atoms with Crippen LogP contribution < -0.4 is 10.6 Å². The van der Waals surface area contributed by atoms with Crippen LogP contribution in [0.4, 0.5) is 4.79 Å². The van der Waals surface area contributed by atoms with Crippen molar-refractivity contribution in [3.05, 3.63) is 0 Å². The van der Waals surface area contributed by atoms with Gasteiger partial charge in [-0.3, -0.25) is 4.79 Å². The van der Waals surface area contributed by atoms with Crippen molar-refractivity contribution in [2.45, 2.75) is 43.0 Å². The highest BCUT2D eigenvalue weighted by atomic mass is 32.2. The Bertz CT molecular complexity index is 298. The molecule has 0 aromatic heterocycles. The van der Waals surface area contributed by atoms with E-state index in [1.54, 1.807) is 0 Å². The summed E-state index contributed by atoms with van der Waals surface area (Å²) in [5.74, 6) is 0.236. The molecule has 3 atom stereocenters. The number of amides is 2. The van der Waals surface area contributed by atoms with Gasteiger partial charge in [-0.1, -0.05) is 6.42 Å². The maximum atomic E-state index is 11.1. The van der Waals surface area contributed by atoms with Gasteiger partial charge >= 0.3 is 12.0 Å². The van der Waals surface area contributed by atoms with Gasteiger partial charge in [0.15, 0.2) is 0 Å². The number of fused-ring (bicyclic) bond motifs is 1. The number of carboxylic acids is 1. The van der Waals surface area contributed by atoms with Crippen molar-refractivity contribution in [3.8, 4) is 0 Å². The smallest absolute Gasteiger partial charge is 0.315 e. The maximum absolute atomic E-state index is 11.1. The summed E-state index contributed by atoms with van der Waals surface area (Å²) in [5.41, 5.74) is 0. The minimum Gasteiger partial charge on any atom is -0.481 e. The molecule has 2 amide bonds. The largest absolute Gasteiger partial charge is 0.481 e. The normalized spacial score (nSPS) is 32.0. The quantitative estimate of drug-likeness (QED) is 0.382. The lowest BCUT2D eigenvalue weighted by atomic mass is 10.1. The van der Waals surface area contributed by atoms with E-state index in [0.29, 0.717) is 5.25 Å². The average Bonchev–Trinajstić information content (AvgIpc) is 2.72. The Hall–Kier alpha value is -0.910. The van der Waals surface area contributed by atoms with Gasteiger partial charge in [0.05, 0.1) is 12.1 Å². The van der Waals surface area contributed by atoms with Crippen LogP contribution in [0.3, 0.4) is 0 Å². The van der Waals surface area contributed by atoms with Gasteiger partial charge in [0.25, 0.3) is 0 Å². The van der Waals surface area contributed by atoms with Crippen LogP contribution in [0, 0.1) is 0 Å². The number of hydrogen-bond donors (Lipinski definition) is 3. The fraction of sp³-hybridized carbons (Fsp3) is 0.800. The number of unbranched alkanes of at least 4 members (excludes halogenated alkanes) is 1. The molecular weight excluding hydrogens is 233 g/mol. The van der Waals surface area contributed by atoms with E-state index in [-0.39, 0.29) is 24.5 Å². The first-order chi connectivity index (χ1) is 7.66. The average molecular weight is 249 g/mol. The number of thioether (sulfide) groups is 1. The van der Waals surface area contributed by atoms with Gasteiger partial charge in [-0.15, -0.1) is 0 Å². The van der Waals surface area contributed by atoms with Crippen LogP contribution in [0.1, 0.15) is 25.7 Å². The van der Waals surface area contributed by atoms with E-state index in [1.807, 2.05) is 11.8 Å². The highest BCUT2D eigenvalue weighted by Gasteiger charge is 2.42. The second-order valence-electron chi connectivity index (χ2n) is 4.26. The molecule has 0 spiro atoms. The lowest BCUT2D eigenvalue weighted by Crippen LogP contribution is -2.36. The number of carbonyl (C=O) groups excluding carboxylic acids is 1. The standard InChI is InChI=1S/C10H16N2O3S/c13-8(14)4-2-1-3-7-9-6(5-16-7)11-10(15)12-9/h6-7,9H,1-5H2,(H,13,14)(H2,11,12,15)/t6-,7-,9-/m0/s1/i1+1,2+1,3+1,4+1,8+1. The number of hydrogen-bond acceptors (Lipinski definition) is 3. The first-order valence-electron chi connectivity index (χ1n) is 5.57. The molecule has 5 nitrogen and oxygen atoms in total. The monoisotopic (exact) mass is 249 g/mol. The molecule has 2 aliphatic rings. The van der Waals surface area contributed by atoms with E-state index in [0.717, 1.165) is 25.0 Å². The van der Waals surface area contributed by atoms with Crippen LogP contribution in [0.15, 0.2) is 0 Å². The zero-order valence-electron chi connectivity index (χ0n) is 8.94. The van der Waals surface area contributed by atoms with E-state index in [2.05, 4.69) is 10.6 Å². The van der Waals surface area contributed by atoms with E-state index in [4.69, 9.17) is 5.11 Å². The van der Waals surface area contributed by atoms with Crippen molar-refractivity contribution in [2.75, 3.05) is 5.75 Å². The molecule has 6 heteroatoms. The highest BCUT2D eigenvalue weighted by Crippen LogP contribution is 2.33. The third-order valence-electron chi connectivity index (χ3n) is 3.07. The maximum Gasteiger partial charge on any atom is 0.315 e. The first-order valence-corrected chi connectivity index (χ1v) is 6.62. The van der Waals surface area contributed by atoms with Gasteiger partial charge < -0.3 is 15.7 Å². The lowest BCUT2D eigenvalue weighted by molar-refractivity contribution is -0.137. The summed E-state index contributed by atoms with van der Waals surface area (Å²) in [6.07, 6.45) is 2.88. The molecule has 0 unspecified atom stereocenters. The third kappa shape index (κ3) is 2.61. The summed E-state index contributed by atoms with van der Waals surface area (Å²) in [4.78, 5) is 21.5. The van der Waals surface area contributed by atoms with Crippen molar-refractivity contribution in [3.63, 3.8) is 0 Å². The van der Waals surface area contributed by atoms with E-state index < -0.39 is 5.97 Å². The van der Waals surface area contributed by atoms with Crippen LogP contribution in [-0.2, 0) is 4.79 Å². The molecule has 2 rings (SSSR count). The number of carbonyl (C=O) groups is 2. The summed E-state index contributed by atoms with van der Waals surface area (Å²) in [7, 11) is 0. The minimum absolute atomic E-state index is 0.0640. The summed E-state index contributed by atoms with van der Waals surface area (Å²) in [5, 5.41) is 14.8. The topological polar surface area (TPSA) is 78.4 Å². The van der Waals surface area contributed by atoms with Crippen LogP contribution in [0.2, 0.25) is 0 Å². The fourth-order valence-electron chi connectivity index (χ4n) is 2.26. The van der Waals surface area contributed by atoms with Gasteiger partial charge in [0.1, 0.15) is 0 Å². The summed E-state index contributed by atoms with van der Waals surface area (Å²) < 4.78 is 0. The van der Waals surface area contributed by atoms with Crippen molar-refractivity contribution < 1.29 is 14.7 Å². The summed E-state index contributed by atoms with van der Waals surface area (Å²) in [6.45, 7) is 0. The molecule has 0 aromatic carbocycles. The zero-order chi connectivity index (χ0) is 11.5. The van der Waals surface area contributed by atoms with Gasteiger partial charge in [-0.2, -0.15) is 11.8 Å². The lowest BCUT2D eigenvalue weighted by Gasteiger charge is -2.16.